The van der Waals surface area contributed by atoms with E-state index in [1.54, 1.807) is 36.9 Å². The zero-order chi connectivity index (χ0) is 17.6. The van der Waals surface area contributed by atoms with Crippen molar-refractivity contribution < 1.29 is 19.1 Å². The molecular formula is C19H21NO4. The molecule has 0 spiro atoms. The van der Waals surface area contributed by atoms with Gasteiger partial charge in [-0.25, -0.2) is 0 Å². The predicted molar refractivity (Wildman–Crippen MR) is 90.1 cm³/mol. The van der Waals surface area contributed by atoms with Crippen molar-refractivity contribution in [3.8, 4) is 0 Å². The largest absolute Gasteiger partial charge is 0.469 e. The van der Waals surface area contributed by atoms with E-state index in [-0.39, 0.29) is 18.2 Å². The standard InChI is InChI=1S/C19H21NO4/c1-11(2)20-15-8-6-5-7-14(15)19(23,18(20)22)9-16(21)17-12(3)10-24-13(17)4/h5-8,10-11,23H,9H2,1-4H3. The Bertz CT molecular complexity index is 801. The highest BCUT2D eigenvalue weighted by Crippen LogP contribution is 2.44. The molecule has 5 heteroatoms. The van der Waals surface area contributed by atoms with E-state index in [1.165, 1.54) is 6.26 Å². The molecule has 0 saturated heterocycles. The maximum atomic E-state index is 12.9. The van der Waals surface area contributed by atoms with Crippen LogP contribution in [0.5, 0.6) is 0 Å². The van der Waals surface area contributed by atoms with Crippen LogP contribution < -0.4 is 4.90 Å². The molecule has 0 saturated carbocycles. The van der Waals surface area contributed by atoms with Gasteiger partial charge in [0.15, 0.2) is 11.4 Å². The molecule has 1 N–H and O–H groups in total. The van der Waals surface area contributed by atoms with E-state index < -0.39 is 11.5 Å². The van der Waals surface area contributed by atoms with Crippen LogP contribution in [0.2, 0.25) is 0 Å². The molecule has 1 unspecified atom stereocenters. The van der Waals surface area contributed by atoms with E-state index in [4.69, 9.17) is 4.42 Å². The quantitative estimate of drug-likeness (QED) is 0.876. The fourth-order valence-electron chi connectivity index (χ4n) is 3.45. The van der Waals surface area contributed by atoms with Gasteiger partial charge in [-0.2, -0.15) is 0 Å². The third-order valence-corrected chi connectivity index (χ3v) is 4.55. The summed E-state index contributed by atoms with van der Waals surface area (Å²) in [5.41, 5.74) is 0.454. The van der Waals surface area contributed by atoms with Crippen LogP contribution in [0.25, 0.3) is 0 Å². The van der Waals surface area contributed by atoms with Crippen molar-refractivity contribution in [3.05, 3.63) is 53.0 Å². The number of anilines is 1. The monoisotopic (exact) mass is 327 g/mol. The lowest BCUT2D eigenvalue weighted by Crippen LogP contribution is -2.44. The molecular weight excluding hydrogens is 306 g/mol. The Labute approximate surface area is 140 Å². The van der Waals surface area contributed by atoms with Gasteiger partial charge >= 0.3 is 0 Å². The number of carbonyl (C=O) groups is 2. The molecule has 0 radical (unpaired) electrons. The number of Topliss-reactive ketones (excluding diaryl/α,β-unsaturated/α-hetero) is 1. The van der Waals surface area contributed by atoms with Crippen molar-refractivity contribution in [2.75, 3.05) is 4.90 Å². The molecule has 2 heterocycles. The first-order valence-corrected chi connectivity index (χ1v) is 8.00. The first kappa shape index (κ1) is 16.5. The molecule has 0 fully saturated rings. The van der Waals surface area contributed by atoms with Crippen molar-refractivity contribution in [2.24, 2.45) is 0 Å². The van der Waals surface area contributed by atoms with Gasteiger partial charge in [-0.15, -0.1) is 0 Å². The van der Waals surface area contributed by atoms with Crippen LogP contribution in [0, 0.1) is 13.8 Å². The number of fused-ring (bicyclic) bond motifs is 1. The number of benzene rings is 1. The van der Waals surface area contributed by atoms with E-state index in [0.717, 1.165) is 0 Å². The normalized spacial score (nSPS) is 19.9. The lowest BCUT2D eigenvalue weighted by atomic mass is 9.87. The molecule has 0 aliphatic carbocycles. The molecule has 1 aromatic carbocycles. The molecule has 1 atom stereocenters. The highest BCUT2D eigenvalue weighted by Gasteiger charge is 2.51. The summed E-state index contributed by atoms with van der Waals surface area (Å²) >= 11 is 0. The molecule has 3 rings (SSSR count). The SMILES string of the molecule is Cc1coc(C)c1C(=O)CC1(O)C(=O)N(C(C)C)c2ccccc21. The summed E-state index contributed by atoms with van der Waals surface area (Å²) in [4.78, 5) is 27.2. The van der Waals surface area contributed by atoms with Crippen LogP contribution in [-0.2, 0) is 10.4 Å². The molecule has 1 aromatic heterocycles. The van der Waals surface area contributed by atoms with E-state index in [9.17, 15) is 14.7 Å². The second-order valence-corrected chi connectivity index (χ2v) is 6.60. The van der Waals surface area contributed by atoms with E-state index >= 15 is 0 Å². The Kier molecular flexibility index (Phi) is 3.84. The van der Waals surface area contributed by atoms with Crippen molar-refractivity contribution in [3.63, 3.8) is 0 Å². The third kappa shape index (κ3) is 2.27. The molecule has 1 aliphatic heterocycles. The van der Waals surface area contributed by atoms with Crippen LogP contribution in [0.3, 0.4) is 0 Å². The van der Waals surface area contributed by atoms with Crippen LogP contribution >= 0.6 is 0 Å². The second kappa shape index (κ2) is 5.60. The number of rotatable bonds is 4. The predicted octanol–water partition coefficient (Wildman–Crippen LogP) is 3.11. The number of aryl methyl sites for hydroxylation is 2. The second-order valence-electron chi connectivity index (χ2n) is 6.60. The Morgan fingerprint density at radius 3 is 2.54 bits per heavy atom. The summed E-state index contributed by atoms with van der Waals surface area (Å²) in [6, 6.07) is 6.97. The van der Waals surface area contributed by atoms with Crippen molar-refractivity contribution in [2.45, 2.75) is 45.8 Å². The number of carbonyl (C=O) groups excluding carboxylic acids is 2. The zero-order valence-electron chi connectivity index (χ0n) is 14.3. The van der Waals surface area contributed by atoms with Crippen LogP contribution in [-0.4, -0.2) is 22.8 Å². The number of ketones is 1. The first-order chi connectivity index (χ1) is 11.3. The fourth-order valence-corrected chi connectivity index (χ4v) is 3.45. The summed E-state index contributed by atoms with van der Waals surface area (Å²) in [6.45, 7) is 7.24. The van der Waals surface area contributed by atoms with Gasteiger partial charge in [-0.05, 0) is 39.3 Å². The van der Waals surface area contributed by atoms with Crippen LogP contribution in [0.1, 0.15) is 47.5 Å². The molecule has 0 bridgehead atoms. The number of furan rings is 1. The minimum absolute atomic E-state index is 0.111. The number of hydrogen-bond acceptors (Lipinski definition) is 4. The van der Waals surface area contributed by atoms with Gasteiger partial charge < -0.3 is 14.4 Å². The van der Waals surface area contributed by atoms with Gasteiger partial charge in [0.2, 0.25) is 0 Å². The number of amides is 1. The van der Waals surface area contributed by atoms with Crippen LogP contribution in [0.15, 0.2) is 34.9 Å². The van der Waals surface area contributed by atoms with E-state index in [2.05, 4.69) is 0 Å². The van der Waals surface area contributed by atoms with Gasteiger partial charge in [0.05, 0.1) is 23.9 Å². The van der Waals surface area contributed by atoms with Crippen molar-refractivity contribution in [1.82, 2.24) is 0 Å². The summed E-state index contributed by atoms with van der Waals surface area (Å²) in [5.74, 6) is -0.249. The Morgan fingerprint density at radius 2 is 1.96 bits per heavy atom. The number of aliphatic hydroxyl groups is 1. The van der Waals surface area contributed by atoms with E-state index in [0.29, 0.717) is 28.1 Å². The first-order valence-electron chi connectivity index (χ1n) is 8.00. The van der Waals surface area contributed by atoms with E-state index in [1.807, 2.05) is 19.9 Å². The molecule has 1 aliphatic rings. The molecule has 1 amide bonds. The Hall–Kier alpha value is -2.40. The number of hydrogen-bond donors (Lipinski definition) is 1. The lowest BCUT2D eigenvalue weighted by Gasteiger charge is -2.25. The Balaban J connectivity index is 2.04. The minimum Gasteiger partial charge on any atom is -0.469 e. The molecule has 126 valence electrons. The van der Waals surface area contributed by atoms with Gasteiger partial charge in [-0.1, -0.05) is 18.2 Å². The average molecular weight is 327 g/mol. The number of para-hydroxylation sites is 1. The molecule has 5 nitrogen and oxygen atoms in total. The van der Waals surface area contributed by atoms with Gasteiger partial charge in [0.25, 0.3) is 5.91 Å². The third-order valence-electron chi connectivity index (χ3n) is 4.55. The van der Waals surface area contributed by atoms with Crippen molar-refractivity contribution >= 4 is 17.4 Å². The summed E-state index contributed by atoms with van der Waals surface area (Å²) in [7, 11) is 0. The maximum absolute atomic E-state index is 12.9. The number of nitrogens with zero attached hydrogens (tertiary/aromatic N) is 1. The maximum Gasteiger partial charge on any atom is 0.264 e. The van der Waals surface area contributed by atoms with Crippen molar-refractivity contribution in [1.29, 1.82) is 0 Å². The summed E-state index contributed by atoms with van der Waals surface area (Å²) < 4.78 is 5.27. The summed E-state index contributed by atoms with van der Waals surface area (Å²) in [5, 5.41) is 11.1. The Morgan fingerprint density at radius 1 is 1.29 bits per heavy atom. The zero-order valence-corrected chi connectivity index (χ0v) is 14.3. The molecule has 24 heavy (non-hydrogen) atoms. The summed E-state index contributed by atoms with van der Waals surface area (Å²) in [6.07, 6.45) is 1.21. The highest BCUT2D eigenvalue weighted by atomic mass is 16.3. The average Bonchev–Trinajstić information content (AvgIpc) is 2.96. The smallest absolute Gasteiger partial charge is 0.264 e. The molecule has 2 aromatic rings. The minimum atomic E-state index is -1.84. The topological polar surface area (TPSA) is 70.7 Å². The highest BCUT2D eigenvalue weighted by molar-refractivity contribution is 6.11. The van der Waals surface area contributed by atoms with Gasteiger partial charge in [0.1, 0.15) is 5.76 Å². The fraction of sp³-hybridized carbons (Fsp3) is 0.368. The van der Waals surface area contributed by atoms with Crippen LogP contribution in [0.4, 0.5) is 5.69 Å². The lowest BCUT2D eigenvalue weighted by molar-refractivity contribution is -0.136. The van der Waals surface area contributed by atoms with Gasteiger partial charge in [0, 0.05) is 11.6 Å². The van der Waals surface area contributed by atoms with Gasteiger partial charge in [-0.3, -0.25) is 9.59 Å².